The van der Waals surface area contributed by atoms with Crippen LogP contribution in [-0.2, 0) is 17.6 Å². The molecular formula is C32H30N6O3. The number of nitrogens with zero attached hydrogens (tertiary/aromatic N) is 3. The van der Waals surface area contributed by atoms with Crippen molar-refractivity contribution in [3.63, 3.8) is 0 Å². The molecule has 0 aliphatic heterocycles. The topological polar surface area (TPSA) is 118 Å². The van der Waals surface area contributed by atoms with Gasteiger partial charge in [0.05, 0.1) is 5.69 Å². The van der Waals surface area contributed by atoms with Crippen molar-refractivity contribution in [2.24, 2.45) is 0 Å². The summed E-state index contributed by atoms with van der Waals surface area (Å²) in [6, 6.07) is 22.7. The maximum atomic E-state index is 13.2. The molecule has 2 aromatic heterocycles. The van der Waals surface area contributed by atoms with Gasteiger partial charge in [0.15, 0.2) is 0 Å². The lowest BCUT2D eigenvalue weighted by molar-refractivity contribution is -0.111. The number of nitrogens with two attached hydrogens (primary N) is 1. The Morgan fingerprint density at radius 1 is 1.05 bits per heavy atom. The molecule has 206 valence electrons. The number of hydrogen-bond donors (Lipinski definition) is 3. The number of aromatic amines is 1. The van der Waals surface area contributed by atoms with Gasteiger partial charge in [0.1, 0.15) is 28.2 Å². The average Bonchev–Trinajstić information content (AvgIpc) is 3.31. The number of aromatic nitrogens is 3. The van der Waals surface area contributed by atoms with E-state index in [1.807, 2.05) is 97.9 Å². The molecule has 0 unspecified atom stereocenters. The fourth-order valence-corrected chi connectivity index (χ4v) is 5.19. The average molecular weight is 547 g/mol. The summed E-state index contributed by atoms with van der Waals surface area (Å²) in [4.78, 5) is 30.8. The first kappa shape index (κ1) is 26.1. The lowest BCUT2D eigenvalue weighted by Gasteiger charge is -2.22. The van der Waals surface area contributed by atoms with E-state index in [4.69, 9.17) is 15.6 Å². The van der Waals surface area contributed by atoms with E-state index in [0.29, 0.717) is 41.7 Å². The molecule has 6 rings (SSSR count). The summed E-state index contributed by atoms with van der Waals surface area (Å²) >= 11 is 0. The number of carbonyl (C=O) groups excluding carboxylic acids is 1. The molecule has 1 amide bonds. The minimum absolute atomic E-state index is 0.189. The van der Waals surface area contributed by atoms with Gasteiger partial charge in [-0.2, -0.15) is 5.10 Å². The maximum absolute atomic E-state index is 13.2. The first-order chi connectivity index (χ1) is 19.9. The van der Waals surface area contributed by atoms with Crippen molar-refractivity contribution in [1.82, 2.24) is 19.7 Å². The SMILES string of the molecule is CN(C)C/C=C/C(=O)Nc1cccc2c1CCc1[nH]c(=O)c3c(N)n(-c4ccc(Oc5ccccc5)cc4)nc3c1-2. The molecule has 0 saturated heterocycles. The maximum Gasteiger partial charge on any atom is 0.261 e. The smallest absolute Gasteiger partial charge is 0.261 e. The number of carbonyl (C=O) groups is 1. The number of H-pyrrole nitrogens is 1. The highest BCUT2D eigenvalue weighted by molar-refractivity contribution is 6.04. The van der Waals surface area contributed by atoms with Crippen LogP contribution in [0.4, 0.5) is 11.5 Å². The Hall–Kier alpha value is -5.15. The van der Waals surface area contributed by atoms with Crippen molar-refractivity contribution >= 4 is 28.3 Å². The van der Waals surface area contributed by atoms with E-state index in [-0.39, 0.29) is 17.3 Å². The van der Waals surface area contributed by atoms with Gasteiger partial charge in [-0.1, -0.05) is 36.4 Å². The van der Waals surface area contributed by atoms with Crippen LogP contribution in [0.15, 0.2) is 89.7 Å². The Bertz CT molecular complexity index is 1840. The molecule has 4 N–H and O–H groups in total. The van der Waals surface area contributed by atoms with Crippen LogP contribution < -0.4 is 21.3 Å². The lowest BCUT2D eigenvalue weighted by atomic mass is 9.86. The van der Waals surface area contributed by atoms with Crippen molar-refractivity contribution in [3.8, 4) is 28.3 Å². The lowest BCUT2D eigenvalue weighted by Crippen LogP contribution is -2.18. The molecule has 9 heteroatoms. The number of benzene rings is 3. The van der Waals surface area contributed by atoms with Gasteiger partial charge in [-0.15, -0.1) is 0 Å². The molecule has 9 nitrogen and oxygen atoms in total. The number of nitrogens with one attached hydrogen (secondary N) is 2. The Morgan fingerprint density at radius 2 is 1.80 bits per heavy atom. The van der Waals surface area contributed by atoms with Crippen LogP contribution in [0.5, 0.6) is 11.5 Å². The van der Waals surface area contributed by atoms with Crippen molar-refractivity contribution in [3.05, 3.63) is 107 Å². The van der Waals surface area contributed by atoms with E-state index >= 15 is 0 Å². The third-order valence-corrected chi connectivity index (χ3v) is 7.08. The molecular weight excluding hydrogens is 516 g/mol. The van der Waals surface area contributed by atoms with Gasteiger partial charge in [-0.05, 0) is 80.5 Å². The van der Waals surface area contributed by atoms with Gasteiger partial charge >= 0.3 is 0 Å². The summed E-state index contributed by atoms with van der Waals surface area (Å²) in [6.45, 7) is 0.673. The first-order valence-electron chi connectivity index (χ1n) is 13.4. The summed E-state index contributed by atoms with van der Waals surface area (Å²) in [5, 5.41) is 8.20. The number of likely N-dealkylation sites (N-methyl/N-ethyl adjacent to an activating group) is 1. The minimum Gasteiger partial charge on any atom is -0.457 e. The molecule has 1 aliphatic rings. The molecule has 0 radical (unpaired) electrons. The number of para-hydroxylation sites is 1. The molecule has 41 heavy (non-hydrogen) atoms. The van der Waals surface area contributed by atoms with E-state index < -0.39 is 0 Å². The molecule has 0 fully saturated rings. The van der Waals surface area contributed by atoms with Crippen LogP contribution in [0, 0.1) is 0 Å². The second kappa shape index (κ2) is 10.8. The number of anilines is 2. The molecule has 0 atom stereocenters. The highest BCUT2D eigenvalue weighted by Gasteiger charge is 2.26. The van der Waals surface area contributed by atoms with Crippen molar-refractivity contribution < 1.29 is 9.53 Å². The summed E-state index contributed by atoms with van der Waals surface area (Å²) in [5.41, 5.74) is 11.8. The molecule has 0 bridgehead atoms. The van der Waals surface area contributed by atoms with Gasteiger partial charge in [0.2, 0.25) is 5.91 Å². The van der Waals surface area contributed by atoms with Gasteiger partial charge in [0, 0.05) is 29.6 Å². The predicted octanol–water partition coefficient (Wildman–Crippen LogP) is 4.91. The molecule has 1 aliphatic carbocycles. The monoisotopic (exact) mass is 546 g/mol. The van der Waals surface area contributed by atoms with Crippen LogP contribution in [-0.4, -0.2) is 46.2 Å². The summed E-state index contributed by atoms with van der Waals surface area (Å²) < 4.78 is 7.49. The summed E-state index contributed by atoms with van der Waals surface area (Å²) in [7, 11) is 3.89. The van der Waals surface area contributed by atoms with E-state index in [1.165, 1.54) is 0 Å². The molecule has 3 aromatic carbocycles. The molecule has 0 spiro atoms. The van der Waals surface area contributed by atoms with Gasteiger partial charge in [-0.3, -0.25) is 9.59 Å². The second-order valence-electron chi connectivity index (χ2n) is 10.2. The number of hydrogen-bond acceptors (Lipinski definition) is 6. The third-order valence-electron chi connectivity index (χ3n) is 7.08. The van der Waals surface area contributed by atoms with E-state index in [1.54, 1.807) is 10.8 Å². The third kappa shape index (κ3) is 5.10. The summed E-state index contributed by atoms with van der Waals surface area (Å²) in [5.74, 6) is 1.47. The number of ether oxygens (including phenoxy) is 1. The Labute approximate surface area is 236 Å². The minimum atomic E-state index is -0.273. The molecule has 5 aromatic rings. The summed E-state index contributed by atoms with van der Waals surface area (Å²) in [6.07, 6.45) is 4.64. The van der Waals surface area contributed by atoms with Crippen LogP contribution in [0.3, 0.4) is 0 Å². The van der Waals surface area contributed by atoms with Crippen molar-refractivity contribution in [1.29, 1.82) is 0 Å². The fraction of sp³-hybridized carbons (Fsp3) is 0.156. The highest BCUT2D eigenvalue weighted by atomic mass is 16.5. The molecule has 2 heterocycles. The van der Waals surface area contributed by atoms with Crippen LogP contribution in [0.25, 0.3) is 27.7 Å². The normalized spacial score (nSPS) is 12.5. The Balaban J connectivity index is 1.38. The van der Waals surface area contributed by atoms with Crippen LogP contribution >= 0.6 is 0 Å². The molecule has 0 saturated carbocycles. The zero-order valence-electron chi connectivity index (χ0n) is 22.8. The van der Waals surface area contributed by atoms with Crippen LogP contribution in [0.1, 0.15) is 11.3 Å². The largest absolute Gasteiger partial charge is 0.457 e. The van der Waals surface area contributed by atoms with Gasteiger partial charge in [-0.25, -0.2) is 4.68 Å². The first-order valence-corrected chi connectivity index (χ1v) is 13.4. The van der Waals surface area contributed by atoms with Crippen molar-refractivity contribution in [2.45, 2.75) is 12.8 Å². The van der Waals surface area contributed by atoms with E-state index in [2.05, 4.69) is 10.3 Å². The standard InChI is InChI=1S/C32H30N6O3/c1-37(2)19-7-12-27(39)34-25-11-6-10-24-23(25)17-18-26-28(24)30-29(32(40)35-26)31(33)38(36-30)20-13-15-22(16-14-20)41-21-8-4-3-5-9-21/h3-16H,17-19,33H2,1-2H3,(H,34,39)(H,35,40)/b12-7+. The number of nitrogen functional groups attached to an aromatic ring is 1. The van der Waals surface area contributed by atoms with E-state index in [0.717, 1.165) is 33.8 Å². The van der Waals surface area contributed by atoms with E-state index in [9.17, 15) is 9.59 Å². The number of rotatable bonds is 7. The Kier molecular flexibility index (Phi) is 6.86. The van der Waals surface area contributed by atoms with Crippen LogP contribution in [0.2, 0.25) is 0 Å². The highest BCUT2D eigenvalue weighted by Crippen LogP contribution is 2.40. The van der Waals surface area contributed by atoms with Crippen molar-refractivity contribution in [2.75, 3.05) is 31.7 Å². The number of pyridine rings is 1. The number of aryl methyl sites for hydroxylation is 1. The predicted molar refractivity (Wildman–Crippen MR) is 162 cm³/mol. The quantitative estimate of drug-likeness (QED) is 0.250. The number of amides is 1. The van der Waals surface area contributed by atoms with Gasteiger partial charge < -0.3 is 25.7 Å². The number of fused-ring (bicyclic) bond motifs is 5. The zero-order chi connectivity index (χ0) is 28.5. The zero-order valence-corrected chi connectivity index (χ0v) is 22.8. The fourth-order valence-electron chi connectivity index (χ4n) is 5.19. The second-order valence-corrected chi connectivity index (χ2v) is 10.2. The van der Waals surface area contributed by atoms with Gasteiger partial charge in [0.25, 0.3) is 5.56 Å². The Morgan fingerprint density at radius 3 is 2.56 bits per heavy atom.